The Hall–Kier alpha value is -1.88. The SMILES string of the molecule is CCC[C@H]1c2cc(OC)ccc2C[C@@]1(C)C(=O)Nc1nccs1. The minimum absolute atomic E-state index is 0.0565. The molecule has 0 spiro atoms. The summed E-state index contributed by atoms with van der Waals surface area (Å²) in [6.45, 7) is 4.24. The van der Waals surface area contributed by atoms with Crippen molar-refractivity contribution in [3.05, 3.63) is 40.9 Å². The first kappa shape index (κ1) is 16.0. The van der Waals surface area contributed by atoms with Crippen molar-refractivity contribution in [2.45, 2.75) is 39.0 Å². The Morgan fingerprint density at radius 3 is 3.00 bits per heavy atom. The standard InChI is InChI=1S/C18H22N2O2S/c1-4-5-15-14-10-13(22-3)7-6-12(14)11-18(15,2)16(21)20-17-19-8-9-23-17/h6-10,15H,4-5,11H2,1-3H3,(H,19,20,21)/t15-,18+/m0/s1. The molecule has 1 aliphatic rings. The van der Waals surface area contributed by atoms with Crippen LogP contribution in [0.5, 0.6) is 5.75 Å². The van der Waals surface area contributed by atoms with Gasteiger partial charge in [-0.1, -0.05) is 19.4 Å². The lowest BCUT2D eigenvalue weighted by Crippen LogP contribution is -2.37. The van der Waals surface area contributed by atoms with Gasteiger partial charge in [0.1, 0.15) is 5.75 Å². The Labute approximate surface area is 140 Å². The quantitative estimate of drug-likeness (QED) is 0.892. The predicted molar refractivity (Wildman–Crippen MR) is 93.2 cm³/mol. The monoisotopic (exact) mass is 330 g/mol. The molecule has 3 rings (SSSR count). The molecular weight excluding hydrogens is 308 g/mol. The number of carbonyl (C=O) groups excluding carboxylic acids is 1. The van der Waals surface area contributed by atoms with E-state index >= 15 is 0 Å². The fraction of sp³-hybridized carbons (Fsp3) is 0.444. The van der Waals surface area contributed by atoms with Crippen molar-refractivity contribution in [3.8, 4) is 5.75 Å². The molecule has 1 aromatic heterocycles. The molecule has 23 heavy (non-hydrogen) atoms. The number of benzene rings is 1. The Kier molecular flexibility index (Phi) is 4.39. The van der Waals surface area contributed by atoms with Crippen LogP contribution in [-0.4, -0.2) is 18.0 Å². The second kappa shape index (κ2) is 6.32. The van der Waals surface area contributed by atoms with E-state index in [9.17, 15) is 4.79 Å². The largest absolute Gasteiger partial charge is 0.497 e. The molecule has 0 saturated carbocycles. The fourth-order valence-electron chi connectivity index (χ4n) is 3.57. The average molecular weight is 330 g/mol. The van der Waals surface area contributed by atoms with E-state index in [-0.39, 0.29) is 11.8 Å². The number of aromatic nitrogens is 1. The minimum Gasteiger partial charge on any atom is -0.497 e. The van der Waals surface area contributed by atoms with Crippen LogP contribution in [0.4, 0.5) is 5.13 Å². The molecule has 0 aliphatic heterocycles. The van der Waals surface area contributed by atoms with Gasteiger partial charge in [0.25, 0.3) is 0 Å². The summed E-state index contributed by atoms with van der Waals surface area (Å²) in [6.07, 6.45) is 4.50. The zero-order valence-electron chi connectivity index (χ0n) is 13.8. The summed E-state index contributed by atoms with van der Waals surface area (Å²) in [7, 11) is 1.68. The van der Waals surface area contributed by atoms with Crippen molar-refractivity contribution in [3.63, 3.8) is 0 Å². The summed E-state index contributed by atoms with van der Waals surface area (Å²) in [5, 5.41) is 5.53. The third-order valence-corrected chi connectivity index (χ3v) is 5.49. The number of hydrogen-bond donors (Lipinski definition) is 1. The van der Waals surface area contributed by atoms with E-state index in [4.69, 9.17) is 4.74 Å². The molecule has 0 radical (unpaired) electrons. The highest BCUT2D eigenvalue weighted by atomic mass is 32.1. The van der Waals surface area contributed by atoms with E-state index in [0.717, 1.165) is 25.0 Å². The number of anilines is 1. The number of ether oxygens (including phenoxy) is 1. The molecule has 122 valence electrons. The molecule has 1 heterocycles. The molecule has 0 unspecified atom stereocenters. The maximum Gasteiger partial charge on any atom is 0.233 e. The summed E-state index contributed by atoms with van der Waals surface area (Å²) < 4.78 is 5.37. The van der Waals surface area contributed by atoms with Crippen LogP contribution in [0.25, 0.3) is 0 Å². The van der Waals surface area contributed by atoms with Gasteiger partial charge < -0.3 is 10.1 Å². The molecule has 1 N–H and O–H groups in total. The molecule has 1 aliphatic carbocycles. The Morgan fingerprint density at radius 2 is 2.35 bits per heavy atom. The predicted octanol–water partition coefficient (Wildman–Crippen LogP) is 4.24. The minimum atomic E-state index is -0.448. The number of methoxy groups -OCH3 is 1. The van der Waals surface area contributed by atoms with Gasteiger partial charge in [-0.15, -0.1) is 11.3 Å². The lowest BCUT2D eigenvalue weighted by molar-refractivity contribution is -0.125. The second-order valence-electron chi connectivity index (χ2n) is 6.29. The summed E-state index contributed by atoms with van der Waals surface area (Å²) in [5.41, 5.74) is 2.06. The van der Waals surface area contributed by atoms with Gasteiger partial charge in [0.15, 0.2) is 5.13 Å². The summed E-state index contributed by atoms with van der Waals surface area (Å²) in [5.74, 6) is 1.12. The summed E-state index contributed by atoms with van der Waals surface area (Å²) >= 11 is 1.45. The number of nitrogens with zero attached hydrogens (tertiary/aromatic N) is 1. The number of thiazole rings is 1. The Bertz CT molecular complexity index is 699. The van der Waals surface area contributed by atoms with Crippen LogP contribution in [0.2, 0.25) is 0 Å². The molecule has 2 aromatic rings. The van der Waals surface area contributed by atoms with Gasteiger partial charge in [-0.2, -0.15) is 0 Å². The summed E-state index contributed by atoms with van der Waals surface area (Å²) in [4.78, 5) is 17.1. The van der Waals surface area contributed by atoms with Gasteiger partial charge in [0.05, 0.1) is 12.5 Å². The van der Waals surface area contributed by atoms with E-state index in [2.05, 4.69) is 36.3 Å². The highest BCUT2D eigenvalue weighted by molar-refractivity contribution is 7.13. The number of fused-ring (bicyclic) bond motifs is 1. The first-order valence-corrected chi connectivity index (χ1v) is 8.84. The van der Waals surface area contributed by atoms with Crippen LogP contribution in [-0.2, 0) is 11.2 Å². The van der Waals surface area contributed by atoms with E-state index in [1.54, 1.807) is 13.3 Å². The summed E-state index contributed by atoms with van der Waals surface area (Å²) in [6, 6.07) is 6.17. The van der Waals surface area contributed by atoms with Crippen LogP contribution in [0, 0.1) is 5.41 Å². The zero-order valence-corrected chi connectivity index (χ0v) is 14.6. The van der Waals surface area contributed by atoms with Crippen LogP contribution in [0.1, 0.15) is 43.7 Å². The smallest absolute Gasteiger partial charge is 0.233 e. The maximum atomic E-state index is 13.0. The Morgan fingerprint density at radius 1 is 1.52 bits per heavy atom. The van der Waals surface area contributed by atoms with Gasteiger partial charge in [0.2, 0.25) is 5.91 Å². The van der Waals surface area contributed by atoms with E-state index < -0.39 is 5.41 Å². The van der Waals surface area contributed by atoms with Gasteiger partial charge in [-0.05, 0) is 48.9 Å². The normalized spacial score (nSPS) is 22.7. The van der Waals surface area contributed by atoms with Crippen molar-refractivity contribution >= 4 is 22.4 Å². The molecule has 0 bridgehead atoms. The lowest BCUT2D eigenvalue weighted by Gasteiger charge is -2.30. The van der Waals surface area contributed by atoms with Crippen LogP contribution in [0.15, 0.2) is 29.8 Å². The lowest BCUT2D eigenvalue weighted by atomic mass is 9.75. The van der Waals surface area contributed by atoms with E-state index in [0.29, 0.717) is 5.13 Å². The number of amides is 1. The van der Waals surface area contributed by atoms with Crippen molar-refractivity contribution in [2.24, 2.45) is 5.41 Å². The number of carbonyl (C=O) groups is 1. The van der Waals surface area contributed by atoms with Gasteiger partial charge >= 0.3 is 0 Å². The molecule has 5 heteroatoms. The Balaban J connectivity index is 1.93. The van der Waals surface area contributed by atoms with E-state index in [1.807, 2.05) is 11.4 Å². The van der Waals surface area contributed by atoms with Crippen LogP contribution < -0.4 is 10.1 Å². The zero-order chi connectivity index (χ0) is 16.4. The molecule has 0 saturated heterocycles. The number of nitrogens with one attached hydrogen (secondary N) is 1. The first-order valence-electron chi connectivity index (χ1n) is 7.96. The first-order chi connectivity index (χ1) is 11.1. The van der Waals surface area contributed by atoms with Gasteiger partial charge in [-0.3, -0.25) is 4.79 Å². The average Bonchev–Trinajstić information content (AvgIpc) is 3.15. The molecule has 4 nitrogen and oxygen atoms in total. The second-order valence-corrected chi connectivity index (χ2v) is 7.19. The van der Waals surface area contributed by atoms with Crippen molar-refractivity contribution in [2.75, 3.05) is 12.4 Å². The van der Waals surface area contributed by atoms with Gasteiger partial charge in [-0.25, -0.2) is 4.98 Å². The molecular formula is C18H22N2O2S. The molecule has 0 fully saturated rings. The third kappa shape index (κ3) is 2.85. The van der Waals surface area contributed by atoms with Crippen molar-refractivity contribution < 1.29 is 9.53 Å². The molecule has 2 atom stereocenters. The number of hydrogen-bond acceptors (Lipinski definition) is 4. The highest BCUT2D eigenvalue weighted by Gasteiger charge is 2.47. The molecule has 1 aromatic carbocycles. The third-order valence-electron chi connectivity index (χ3n) is 4.80. The van der Waals surface area contributed by atoms with Crippen LogP contribution >= 0.6 is 11.3 Å². The maximum absolute atomic E-state index is 13.0. The molecule has 1 amide bonds. The highest BCUT2D eigenvalue weighted by Crippen LogP contribution is 2.51. The fourth-order valence-corrected chi connectivity index (χ4v) is 4.10. The number of rotatable bonds is 5. The topological polar surface area (TPSA) is 51.2 Å². The van der Waals surface area contributed by atoms with Crippen molar-refractivity contribution in [1.82, 2.24) is 4.98 Å². The van der Waals surface area contributed by atoms with Gasteiger partial charge in [0, 0.05) is 11.6 Å². The van der Waals surface area contributed by atoms with E-state index in [1.165, 1.54) is 22.5 Å². The van der Waals surface area contributed by atoms with Crippen LogP contribution in [0.3, 0.4) is 0 Å². The van der Waals surface area contributed by atoms with Crippen molar-refractivity contribution in [1.29, 1.82) is 0 Å².